The molecule has 2 nitrogen and oxygen atoms in total. The van der Waals surface area contributed by atoms with E-state index in [1.54, 1.807) is 13.0 Å². The molecule has 0 spiro atoms. The van der Waals surface area contributed by atoms with Crippen molar-refractivity contribution in [3.63, 3.8) is 0 Å². The molecule has 0 aromatic heterocycles. The second kappa shape index (κ2) is 6.18. The highest BCUT2D eigenvalue weighted by Crippen LogP contribution is 2.33. The molecule has 2 aromatic rings. The Bertz CT molecular complexity index is 726. The van der Waals surface area contributed by atoms with E-state index in [0.717, 1.165) is 33.5 Å². The third-order valence-corrected chi connectivity index (χ3v) is 4.13. The highest BCUT2D eigenvalue weighted by atomic mass is 16.1. The summed E-state index contributed by atoms with van der Waals surface area (Å²) in [5.74, 6) is 0.0365. The first kappa shape index (κ1) is 16.0. The van der Waals surface area contributed by atoms with Gasteiger partial charge in [-0.25, -0.2) is 0 Å². The Morgan fingerprint density at radius 2 is 1.59 bits per heavy atom. The second-order valence-corrected chi connectivity index (χ2v) is 5.94. The molecule has 0 heterocycles. The summed E-state index contributed by atoms with van der Waals surface area (Å²) in [6, 6.07) is 10.2. The van der Waals surface area contributed by atoms with Gasteiger partial charge < -0.3 is 5.73 Å². The van der Waals surface area contributed by atoms with Crippen molar-refractivity contribution in [3.05, 3.63) is 69.8 Å². The molecule has 2 N–H and O–H groups in total. The molecule has 22 heavy (non-hydrogen) atoms. The molecular formula is C20H23NO. The molecule has 0 saturated carbocycles. The maximum atomic E-state index is 11.8. The molecule has 2 aromatic carbocycles. The van der Waals surface area contributed by atoms with Crippen molar-refractivity contribution in [1.29, 1.82) is 0 Å². The quantitative estimate of drug-likeness (QED) is 0.667. The lowest BCUT2D eigenvalue weighted by molar-refractivity contribution is -0.112. The van der Waals surface area contributed by atoms with Crippen LogP contribution in [-0.4, -0.2) is 5.78 Å². The average Bonchev–Trinajstić information content (AvgIpc) is 2.45. The number of allylic oxidation sites excluding steroid dienone is 1. The number of hydrogen-bond acceptors (Lipinski definition) is 2. The monoisotopic (exact) mass is 293 g/mol. The third-order valence-electron chi connectivity index (χ3n) is 4.13. The van der Waals surface area contributed by atoms with Gasteiger partial charge in [0.15, 0.2) is 5.78 Å². The topological polar surface area (TPSA) is 43.1 Å². The van der Waals surface area contributed by atoms with Crippen LogP contribution in [0.15, 0.2) is 36.4 Å². The molecule has 0 radical (unpaired) electrons. The van der Waals surface area contributed by atoms with Gasteiger partial charge in [-0.1, -0.05) is 29.8 Å². The maximum absolute atomic E-state index is 11.8. The first-order chi connectivity index (χ1) is 10.3. The van der Waals surface area contributed by atoms with Gasteiger partial charge in [-0.2, -0.15) is 0 Å². The highest BCUT2D eigenvalue weighted by molar-refractivity contribution is 6.00. The van der Waals surface area contributed by atoms with Crippen molar-refractivity contribution in [3.8, 4) is 0 Å². The van der Waals surface area contributed by atoms with Crippen LogP contribution in [0.1, 0.15) is 40.3 Å². The van der Waals surface area contributed by atoms with Crippen LogP contribution >= 0.6 is 0 Å². The zero-order valence-electron chi connectivity index (χ0n) is 13.9. The smallest absolute Gasteiger partial charge is 0.153 e. The Labute approximate surface area is 132 Å². The van der Waals surface area contributed by atoms with Crippen molar-refractivity contribution in [2.24, 2.45) is 0 Å². The zero-order chi connectivity index (χ0) is 16.4. The van der Waals surface area contributed by atoms with E-state index in [4.69, 9.17) is 5.73 Å². The standard InChI is InChI=1S/C20H23NO/c1-12-6-8-17(9-7-12)18(11-14(3)22)20-15(4)13(2)10-19(21)16(20)5/h6-11H,21H2,1-5H3/b18-11-. The Hall–Kier alpha value is -2.35. The van der Waals surface area contributed by atoms with Crippen LogP contribution in [-0.2, 0) is 4.79 Å². The molecule has 0 bridgehead atoms. The number of benzene rings is 2. The van der Waals surface area contributed by atoms with Crippen molar-refractivity contribution < 1.29 is 4.79 Å². The van der Waals surface area contributed by atoms with Gasteiger partial charge in [-0.3, -0.25) is 4.79 Å². The van der Waals surface area contributed by atoms with Crippen molar-refractivity contribution >= 4 is 17.0 Å². The molecule has 0 unspecified atom stereocenters. The van der Waals surface area contributed by atoms with E-state index in [0.29, 0.717) is 0 Å². The number of hydrogen-bond donors (Lipinski definition) is 1. The second-order valence-electron chi connectivity index (χ2n) is 5.94. The number of aryl methyl sites for hydroxylation is 2. The lowest BCUT2D eigenvalue weighted by Gasteiger charge is -2.18. The summed E-state index contributed by atoms with van der Waals surface area (Å²) in [6.45, 7) is 9.78. The fourth-order valence-electron chi connectivity index (χ4n) is 2.71. The van der Waals surface area contributed by atoms with Crippen LogP contribution in [0.5, 0.6) is 0 Å². The van der Waals surface area contributed by atoms with Gasteiger partial charge in [0.1, 0.15) is 0 Å². The molecule has 0 fully saturated rings. The molecule has 2 rings (SSSR count). The number of nitrogens with two attached hydrogens (primary N) is 1. The molecular weight excluding hydrogens is 270 g/mol. The van der Waals surface area contributed by atoms with Crippen LogP contribution in [0, 0.1) is 27.7 Å². The Kier molecular flexibility index (Phi) is 4.51. The van der Waals surface area contributed by atoms with Crippen LogP contribution < -0.4 is 5.73 Å². The Morgan fingerprint density at radius 3 is 2.14 bits per heavy atom. The van der Waals surface area contributed by atoms with Crippen LogP contribution in [0.3, 0.4) is 0 Å². The minimum absolute atomic E-state index is 0.0365. The van der Waals surface area contributed by atoms with Gasteiger partial charge in [-0.15, -0.1) is 0 Å². The number of rotatable bonds is 3. The molecule has 0 saturated heterocycles. The molecule has 2 heteroatoms. The number of anilines is 1. The Morgan fingerprint density at radius 1 is 1.00 bits per heavy atom. The van der Waals surface area contributed by atoms with Crippen LogP contribution in [0.2, 0.25) is 0 Å². The van der Waals surface area contributed by atoms with Crippen molar-refractivity contribution in [1.82, 2.24) is 0 Å². The molecule has 0 amide bonds. The fraction of sp³-hybridized carbons (Fsp3) is 0.250. The van der Waals surface area contributed by atoms with Gasteiger partial charge in [0.25, 0.3) is 0 Å². The minimum Gasteiger partial charge on any atom is -0.398 e. The molecule has 0 aliphatic rings. The number of nitrogen functional groups attached to an aromatic ring is 1. The summed E-state index contributed by atoms with van der Waals surface area (Å²) in [5.41, 5.74) is 14.5. The molecule has 114 valence electrons. The predicted octanol–water partition coefficient (Wildman–Crippen LogP) is 4.52. The predicted molar refractivity (Wildman–Crippen MR) is 94.0 cm³/mol. The summed E-state index contributed by atoms with van der Waals surface area (Å²) in [4.78, 5) is 11.8. The van der Waals surface area contributed by atoms with E-state index in [2.05, 4.69) is 45.0 Å². The first-order valence-corrected chi connectivity index (χ1v) is 7.47. The van der Waals surface area contributed by atoms with Crippen molar-refractivity contribution in [2.45, 2.75) is 34.6 Å². The third kappa shape index (κ3) is 3.11. The summed E-state index contributed by atoms with van der Waals surface area (Å²) < 4.78 is 0. The average molecular weight is 293 g/mol. The molecule has 0 atom stereocenters. The van der Waals surface area contributed by atoms with Crippen molar-refractivity contribution in [2.75, 3.05) is 5.73 Å². The van der Waals surface area contributed by atoms with Gasteiger partial charge >= 0.3 is 0 Å². The van der Waals surface area contributed by atoms with E-state index < -0.39 is 0 Å². The largest absolute Gasteiger partial charge is 0.398 e. The molecule has 0 aliphatic carbocycles. The SMILES string of the molecule is CC(=O)/C=C(/c1ccc(C)cc1)c1c(C)c(C)cc(N)c1C. The zero-order valence-corrected chi connectivity index (χ0v) is 13.9. The van der Waals surface area contributed by atoms with Gasteiger partial charge in [0.05, 0.1) is 0 Å². The highest BCUT2D eigenvalue weighted by Gasteiger charge is 2.15. The summed E-state index contributed by atoms with van der Waals surface area (Å²) in [7, 11) is 0. The number of carbonyl (C=O) groups excluding carboxylic acids is 1. The Balaban J connectivity index is 2.77. The van der Waals surface area contributed by atoms with Crippen LogP contribution in [0.4, 0.5) is 5.69 Å². The maximum Gasteiger partial charge on any atom is 0.153 e. The normalized spacial score (nSPS) is 11.6. The number of carbonyl (C=O) groups is 1. The lowest BCUT2D eigenvalue weighted by Crippen LogP contribution is -2.03. The number of ketones is 1. The van der Waals surface area contributed by atoms with Gasteiger partial charge in [-0.05, 0) is 80.2 Å². The van der Waals surface area contributed by atoms with Gasteiger partial charge in [0, 0.05) is 5.69 Å². The fourth-order valence-corrected chi connectivity index (χ4v) is 2.71. The first-order valence-electron chi connectivity index (χ1n) is 7.47. The van der Waals surface area contributed by atoms with E-state index in [1.165, 1.54) is 11.1 Å². The van der Waals surface area contributed by atoms with E-state index in [1.807, 2.05) is 13.0 Å². The van der Waals surface area contributed by atoms with Gasteiger partial charge in [0.2, 0.25) is 0 Å². The van der Waals surface area contributed by atoms with E-state index >= 15 is 0 Å². The molecule has 0 aliphatic heterocycles. The summed E-state index contributed by atoms with van der Waals surface area (Å²) >= 11 is 0. The minimum atomic E-state index is 0.0365. The summed E-state index contributed by atoms with van der Waals surface area (Å²) in [5, 5.41) is 0. The lowest BCUT2D eigenvalue weighted by atomic mass is 9.87. The van der Waals surface area contributed by atoms with E-state index in [-0.39, 0.29) is 5.78 Å². The van der Waals surface area contributed by atoms with E-state index in [9.17, 15) is 4.79 Å². The van der Waals surface area contributed by atoms with Crippen LogP contribution in [0.25, 0.3) is 5.57 Å². The summed E-state index contributed by atoms with van der Waals surface area (Å²) in [6.07, 6.45) is 1.71.